The fraction of sp³-hybridized carbons (Fsp3) is 0.308. The third kappa shape index (κ3) is 4.64. The number of carbonyl (C=O) groups excluding carboxylic acids is 1. The Morgan fingerprint density at radius 3 is 3.10 bits per heavy atom. The number of thioether (sulfide) groups is 1. The van der Waals surface area contributed by atoms with Crippen molar-refractivity contribution in [3.63, 3.8) is 0 Å². The van der Waals surface area contributed by atoms with Crippen LogP contribution in [0.5, 0.6) is 0 Å². The molecule has 0 fully saturated rings. The lowest BCUT2D eigenvalue weighted by atomic mass is 10.3. The highest BCUT2D eigenvalue weighted by Crippen LogP contribution is 2.17. The molecule has 0 atom stereocenters. The lowest BCUT2D eigenvalue weighted by Gasteiger charge is -2.04. The Balaban J connectivity index is 1.82. The molecule has 2 aromatic rings. The van der Waals surface area contributed by atoms with Crippen molar-refractivity contribution in [2.75, 3.05) is 11.1 Å². The zero-order valence-corrected chi connectivity index (χ0v) is 13.4. The second-order valence-electron chi connectivity index (χ2n) is 4.16. The number of amides is 1. The molecule has 7 heteroatoms. The molecule has 1 aromatic carbocycles. The SMILES string of the molecule is CCCc1nc(SCC(=O)Nc2cccc(Br)c2)n[nH]1. The fourth-order valence-electron chi connectivity index (χ4n) is 1.58. The number of rotatable bonds is 6. The number of nitrogens with zero attached hydrogens (tertiary/aromatic N) is 2. The van der Waals surface area contributed by atoms with Gasteiger partial charge in [0.15, 0.2) is 0 Å². The Morgan fingerprint density at radius 1 is 1.50 bits per heavy atom. The molecule has 0 aliphatic heterocycles. The Bertz CT molecular complexity index is 587. The molecule has 0 aliphatic carbocycles. The first kappa shape index (κ1) is 15.1. The molecule has 0 unspecified atom stereocenters. The minimum atomic E-state index is -0.0741. The van der Waals surface area contributed by atoms with Gasteiger partial charge in [0.05, 0.1) is 5.75 Å². The highest BCUT2D eigenvalue weighted by molar-refractivity contribution is 9.10. The van der Waals surface area contributed by atoms with E-state index in [-0.39, 0.29) is 11.7 Å². The smallest absolute Gasteiger partial charge is 0.234 e. The van der Waals surface area contributed by atoms with Gasteiger partial charge in [-0.1, -0.05) is 40.7 Å². The van der Waals surface area contributed by atoms with Gasteiger partial charge in [-0.2, -0.15) is 0 Å². The van der Waals surface area contributed by atoms with E-state index in [4.69, 9.17) is 0 Å². The van der Waals surface area contributed by atoms with Gasteiger partial charge in [0.1, 0.15) is 5.82 Å². The van der Waals surface area contributed by atoms with E-state index in [1.54, 1.807) is 0 Å². The van der Waals surface area contributed by atoms with Crippen molar-refractivity contribution in [3.05, 3.63) is 34.6 Å². The predicted octanol–water partition coefficient (Wildman–Crippen LogP) is 3.25. The van der Waals surface area contributed by atoms with Gasteiger partial charge in [-0.3, -0.25) is 9.89 Å². The number of aromatic nitrogens is 3. The van der Waals surface area contributed by atoms with Crippen LogP contribution >= 0.6 is 27.7 Å². The van der Waals surface area contributed by atoms with Gasteiger partial charge in [0, 0.05) is 16.6 Å². The van der Waals surface area contributed by atoms with Crippen LogP contribution in [0.4, 0.5) is 5.69 Å². The first-order chi connectivity index (χ1) is 9.67. The lowest BCUT2D eigenvalue weighted by molar-refractivity contribution is -0.113. The number of carbonyl (C=O) groups is 1. The number of hydrogen-bond donors (Lipinski definition) is 2. The van der Waals surface area contributed by atoms with E-state index in [1.165, 1.54) is 11.8 Å². The maximum atomic E-state index is 11.8. The number of nitrogens with one attached hydrogen (secondary N) is 2. The minimum absolute atomic E-state index is 0.0741. The Hall–Kier alpha value is -1.34. The molecule has 0 saturated heterocycles. The summed E-state index contributed by atoms with van der Waals surface area (Å²) in [6, 6.07) is 7.49. The van der Waals surface area contributed by atoms with Gasteiger partial charge in [-0.25, -0.2) is 4.98 Å². The number of aryl methyl sites for hydroxylation is 1. The summed E-state index contributed by atoms with van der Waals surface area (Å²) >= 11 is 4.69. The maximum Gasteiger partial charge on any atom is 0.234 e. The average Bonchev–Trinajstić information content (AvgIpc) is 2.85. The van der Waals surface area contributed by atoms with E-state index < -0.39 is 0 Å². The first-order valence-corrected chi connectivity index (χ1v) is 8.04. The van der Waals surface area contributed by atoms with E-state index in [9.17, 15) is 4.79 Å². The van der Waals surface area contributed by atoms with Crippen molar-refractivity contribution in [1.82, 2.24) is 15.2 Å². The predicted molar refractivity (Wildman–Crippen MR) is 83.9 cm³/mol. The molecule has 0 spiro atoms. The van der Waals surface area contributed by atoms with Gasteiger partial charge in [0.25, 0.3) is 0 Å². The third-order valence-electron chi connectivity index (χ3n) is 2.44. The highest BCUT2D eigenvalue weighted by atomic mass is 79.9. The normalized spacial score (nSPS) is 10.5. The molecule has 0 radical (unpaired) electrons. The Kier molecular flexibility index (Phi) is 5.60. The molecule has 1 amide bonds. The number of H-pyrrole nitrogens is 1. The summed E-state index contributed by atoms with van der Waals surface area (Å²) in [7, 11) is 0. The first-order valence-electron chi connectivity index (χ1n) is 6.27. The van der Waals surface area contributed by atoms with Crippen LogP contribution in [0.2, 0.25) is 0 Å². The van der Waals surface area contributed by atoms with Crippen LogP contribution in [-0.4, -0.2) is 26.8 Å². The highest BCUT2D eigenvalue weighted by Gasteiger charge is 2.07. The van der Waals surface area contributed by atoms with E-state index in [1.807, 2.05) is 24.3 Å². The van der Waals surface area contributed by atoms with Crippen LogP contribution in [0, 0.1) is 0 Å². The molecule has 106 valence electrons. The minimum Gasteiger partial charge on any atom is -0.325 e. The van der Waals surface area contributed by atoms with Crippen LogP contribution in [0.3, 0.4) is 0 Å². The van der Waals surface area contributed by atoms with Gasteiger partial charge in [-0.15, -0.1) is 5.10 Å². The maximum absolute atomic E-state index is 11.8. The quantitative estimate of drug-likeness (QED) is 0.781. The van der Waals surface area contributed by atoms with Crippen LogP contribution in [0.1, 0.15) is 19.2 Å². The Labute approximate surface area is 130 Å². The summed E-state index contributed by atoms with van der Waals surface area (Å²) in [5.41, 5.74) is 0.770. The molecule has 0 aliphatic rings. The van der Waals surface area contributed by atoms with Crippen molar-refractivity contribution in [2.24, 2.45) is 0 Å². The number of anilines is 1. The molecule has 1 heterocycles. The van der Waals surface area contributed by atoms with E-state index >= 15 is 0 Å². The topological polar surface area (TPSA) is 70.7 Å². The van der Waals surface area contributed by atoms with Gasteiger partial charge < -0.3 is 5.32 Å². The van der Waals surface area contributed by atoms with Crippen LogP contribution in [0.25, 0.3) is 0 Å². The van der Waals surface area contributed by atoms with Crippen molar-refractivity contribution < 1.29 is 4.79 Å². The van der Waals surface area contributed by atoms with Crippen LogP contribution in [0.15, 0.2) is 33.9 Å². The summed E-state index contributed by atoms with van der Waals surface area (Å²) in [6.07, 6.45) is 1.89. The molecule has 0 bridgehead atoms. The molecule has 1 aromatic heterocycles. The van der Waals surface area contributed by atoms with Crippen LogP contribution in [-0.2, 0) is 11.2 Å². The van der Waals surface area contributed by atoms with E-state index in [0.717, 1.165) is 28.8 Å². The van der Waals surface area contributed by atoms with Crippen molar-refractivity contribution >= 4 is 39.3 Å². The monoisotopic (exact) mass is 354 g/mol. The second-order valence-corrected chi connectivity index (χ2v) is 6.02. The standard InChI is InChI=1S/C13H15BrN4OS/c1-2-4-11-16-13(18-17-11)20-8-12(19)15-10-6-3-5-9(14)7-10/h3,5-7H,2,4,8H2,1H3,(H,15,19)(H,16,17,18). The molecule has 2 rings (SSSR count). The van der Waals surface area contributed by atoms with Crippen molar-refractivity contribution in [2.45, 2.75) is 24.9 Å². The van der Waals surface area contributed by atoms with Gasteiger partial charge in [0.2, 0.25) is 11.1 Å². The summed E-state index contributed by atoms with van der Waals surface area (Å²) in [4.78, 5) is 16.1. The number of halogens is 1. The zero-order chi connectivity index (χ0) is 14.4. The molecule has 2 N–H and O–H groups in total. The largest absolute Gasteiger partial charge is 0.325 e. The zero-order valence-electron chi connectivity index (χ0n) is 11.0. The van der Waals surface area contributed by atoms with Gasteiger partial charge >= 0.3 is 0 Å². The van der Waals surface area contributed by atoms with Crippen LogP contribution < -0.4 is 5.32 Å². The molecule has 5 nitrogen and oxygen atoms in total. The van der Waals surface area contributed by atoms with Crippen molar-refractivity contribution in [1.29, 1.82) is 0 Å². The summed E-state index contributed by atoms with van der Waals surface area (Å²) in [5, 5.41) is 10.4. The summed E-state index contributed by atoms with van der Waals surface area (Å²) in [6.45, 7) is 2.08. The molecule has 20 heavy (non-hydrogen) atoms. The fourth-order valence-corrected chi connectivity index (χ4v) is 2.60. The van der Waals surface area contributed by atoms with E-state index in [2.05, 4.69) is 43.4 Å². The van der Waals surface area contributed by atoms with Gasteiger partial charge in [-0.05, 0) is 24.6 Å². The summed E-state index contributed by atoms with van der Waals surface area (Å²) in [5.74, 6) is 1.08. The van der Waals surface area contributed by atoms with E-state index in [0.29, 0.717) is 5.16 Å². The number of benzene rings is 1. The lowest BCUT2D eigenvalue weighted by Crippen LogP contribution is -2.14. The Morgan fingerprint density at radius 2 is 2.35 bits per heavy atom. The number of hydrogen-bond acceptors (Lipinski definition) is 4. The van der Waals surface area contributed by atoms with Crippen molar-refractivity contribution in [3.8, 4) is 0 Å². The average molecular weight is 355 g/mol. The summed E-state index contributed by atoms with van der Waals surface area (Å²) < 4.78 is 0.932. The third-order valence-corrected chi connectivity index (χ3v) is 3.78. The second kappa shape index (κ2) is 7.44. The molecular formula is C13H15BrN4OS. The number of aromatic amines is 1. The molecule has 0 saturated carbocycles. The molecular weight excluding hydrogens is 340 g/mol.